The van der Waals surface area contributed by atoms with Gasteiger partial charge in [0.15, 0.2) is 16.6 Å². The molecule has 1 aromatic carbocycles. The number of hydrogen-bond acceptors (Lipinski definition) is 3. The second kappa shape index (κ2) is 7.84. The van der Waals surface area contributed by atoms with Crippen LogP contribution in [-0.4, -0.2) is 37.3 Å². The van der Waals surface area contributed by atoms with E-state index in [0.29, 0.717) is 0 Å². The van der Waals surface area contributed by atoms with Gasteiger partial charge in [-0.2, -0.15) is 0 Å². The Morgan fingerprint density at radius 2 is 1.89 bits per heavy atom. The molecule has 0 unspecified atom stereocenters. The van der Waals surface area contributed by atoms with Crippen molar-refractivity contribution in [3.05, 3.63) is 23.8 Å². The van der Waals surface area contributed by atoms with Crippen molar-refractivity contribution in [3.8, 4) is 11.5 Å². The van der Waals surface area contributed by atoms with E-state index < -0.39 is 0 Å². The molecule has 19 heavy (non-hydrogen) atoms. The summed E-state index contributed by atoms with van der Waals surface area (Å²) in [7, 11) is 3.28. The highest BCUT2D eigenvalue weighted by atomic mass is 32.1. The van der Waals surface area contributed by atoms with E-state index in [1.54, 1.807) is 14.2 Å². The van der Waals surface area contributed by atoms with Crippen molar-refractivity contribution in [2.75, 3.05) is 27.3 Å². The van der Waals surface area contributed by atoms with E-state index in [4.69, 9.17) is 21.7 Å². The molecule has 1 rings (SSSR count). The monoisotopic (exact) mass is 282 g/mol. The lowest BCUT2D eigenvalue weighted by Gasteiger charge is -2.24. The van der Waals surface area contributed by atoms with E-state index in [1.165, 1.54) is 0 Å². The van der Waals surface area contributed by atoms with Crippen LogP contribution in [0.2, 0.25) is 0 Å². The zero-order chi connectivity index (χ0) is 14.3. The van der Waals surface area contributed by atoms with E-state index in [9.17, 15) is 0 Å². The summed E-state index contributed by atoms with van der Waals surface area (Å²) in [5.41, 5.74) is 1.14. The van der Waals surface area contributed by atoms with Gasteiger partial charge < -0.3 is 19.7 Å². The predicted molar refractivity (Wildman–Crippen MR) is 81.9 cm³/mol. The molecule has 0 saturated carbocycles. The first kappa shape index (κ1) is 15.6. The van der Waals surface area contributed by atoms with Crippen molar-refractivity contribution in [1.82, 2.24) is 10.2 Å². The largest absolute Gasteiger partial charge is 0.493 e. The van der Waals surface area contributed by atoms with Gasteiger partial charge in [-0.25, -0.2) is 0 Å². The second-order valence-electron chi connectivity index (χ2n) is 4.04. The van der Waals surface area contributed by atoms with Gasteiger partial charge in [0.05, 0.1) is 14.2 Å². The molecule has 0 aliphatic heterocycles. The topological polar surface area (TPSA) is 33.7 Å². The molecule has 0 spiro atoms. The maximum Gasteiger partial charge on any atom is 0.169 e. The predicted octanol–water partition coefficient (Wildman–Crippen LogP) is 2.42. The van der Waals surface area contributed by atoms with Crippen LogP contribution in [0.5, 0.6) is 11.5 Å². The Balaban J connectivity index is 2.82. The number of rotatable bonds is 6. The molecule has 0 aliphatic carbocycles. The van der Waals surface area contributed by atoms with Gasteiger partial charge in [0.2, 0.25) is 0 Å². The van der Waals surface area contributed by atoms with Crippen molar-refractivity contribution < 1.29 is 9.47 Å². The molecule has 0 aromatic heterocycles. The average molecular weight is 282 g/mol. The lowest BCUT2D eigenvalue weighted by atomic mass is 10.2. The Morgan fingerprint density at radius 1 is 1.21 bits per heavy atom. The average Bonchev–Trinajstić information content (AvgIpc) is 2.44. The summed E-state index contributed by atoms with van der Waals surface area (Å²) >= 11 is 5.34. The fourth-order valence-electron chi connectivity index (χ4n) is 1.79. The molecule has 0 aliphatic rings. The quantitative estimate of drug-likeness (QED) is 0.810. The van der Waals surface area contributed by atoms with E-state index >= 15 is 0 Å². The smallest absolute Gasteiger partial charge is 0.169 e. The molecular weight excluding hydrogens is 260 g/mol. The maximum absolute atomic E-state index is 5.34. The lowest BCUT2D eigenvalue weighted by molar-refractivity contribution is 0.353. The minimum atomic E-state index is 0.739. The SMILES string of the molecule is CCNC(=S)N(CC)Cc1ccc(OC)c(OC)c1. The highest BCUT2D eigenvalue weighted by Gasteiger charge is 2.10. The van der Waals surface area contributed by atoms with Crippen LogP contribution < -0.4 is 14.8 Å². The minimum absolute atomic E-state index is 0.739. The number of nitrogens with zero attached hydrogens (tertiary/aromatic N) is 1. The third-order valence-electron chi connectivity index (χ3n) is 2.82. The number of benzene rings is 1. The van der Waals surface area contributed by atoms with Gasteiger partial charge in [-0.1, -0.05) is 6.07 Å². The molecule has 0 bridgehead atoms. The van der Waals surface area contributed by atoms with Crippen molar-refractivity contribution >= 4 is 17.3 Å². The molecule has 0 radical (unpaired) electrons. The third kappa shape index (κ3) is 4.28. The number of nitrogens with one attached hydrogen (secondary N) is 1. The number of thiocarbonyl (C=S) groups is 1. The van der Waals surface area contributed by atoms with E-state index in [1.807, 2.05) is 25.1 Å². The number of hydrogen-bond donors (Lipinski definition) is 1. The molecule has 0 atom stereocenters. The molecule has 1 aromatic rings. The molecule has 4 nitrogen and oxygen atoms in total. The van der Waals surface area contributed by atoms with Crippen molar-refractivity contribution in [1.29, 1.82) is 0 Å². The molecule has 0 saturated heterocycles. The maximum atomic E-state index is 5.34. The van der Waals surface area contributed by atoms with Crippen LogP contribution in [0.1, 0.15) is 19.4 Å². The van der Waals surface area contributed by atoms with Gasteiger partial charge in [0.25, 0.3) is 0 Å². The molecular formula is C14H22N2O2S. The van der Waals surface area contributed by atoms with Crippen LogP contribution in [-0.2, 0) is 6.54 Å². The first-order valence-electron chi connectivity index (χ1n) is 6.39. The molecule has 0 amide bonds. The molecule has 0 fully saturated rings. The fraction of sp³-hybridized carbons (Fsp3) is 0.500. The summed E-state index contributed by atoms with van der Waals surface area (Å²) in [6, 6.07) is 5.92. The Bertz CT molecular complexity index is 424. The van der Waals surface area contributed by atoms with Crippen molar-refractivity contribution in [2.45, 2.75) is 20.4 Å². The van der Waals surface area contributed by atoms with Crippen molar-refractivity contribution in [3.63, 3.8) is 0 Å². The molecule has 1 N–H and O–H groups in total. The zero-order valence-corrected chi connectivity index (χ0v) is 12.8. The first-order valence-corrected chi connectivity index (χ1v) is 6.80. The Morgan fingerprint density at radius 3 is 2.42 bits per heavy atom. The van der Waals surface area contributed by atoms with Crippen molar-refractivity contribution in [2.24, 2.45) is 0 Å². The fourth-order valence-corrected chi connectivity index (χ4v) is 2.13. The van der Waals surface area contributed by atoms with Gasteiger partial charge in [-0.05, 0) is 43.8 Å². The summed E-state index contributed by atoms with van der Waals surface area (Å²) in [4.78, 5) is 2.11. The summed E-state index contributed by atoms with van der Waals surface area (Å²) in [5.74, 6) is 1.48. The summed E-state index contributed by atoms with van der Waals surface area (Å²) < 4.78 is 10.5. The summed E-state index contributed by atoms with van der Waals surface area (Å²) in [6.45, 7) is 6.57. The van der Waals surface area contributed by atoms with Gasteiger partial charge in [0.1, 0.15) is 0 Å². The van der Waals surface area contributed by atoms with Crippen LogP contribution >= 0.6 is 12.2 Å². The van der Waals surface area contributed by atoms with Gasteiger partial charge in [-0.15, -0.1) is 0 Å². The van der Waals surface area contributed by atoms with Crippen LogP contribution in [0.3, 0.4) is 0 Å². The molecule has 5 heteroatoms. The first-order chi connectivity index (χ1) is 9.15. The van der Waals surface area contributed by atoms with Gasteiger partial charge in [-0.3, -0.25) is 0 Å². The number of ether oxygens (including phenoxy) is 2. The number of methoxy groups -OCH3 is 2. The second-order valence-corrected chi connectivity index (χ2v) is 4.43. The Labute approximate surface area is 120 Å². The standard InChI is InChI=1S/C14H22N2O2S/c1-5-15-14(19)16(6-2)10-11-7-8-12(17-3)13(9-11)18-4/h7-9H,5-6,10H2,1-4H3,(H,15,19). The normalized spacial score (nSPS) is 9.89. The lowest BCUT2D eigenvalue weighted by Crippen LogP contribution is -2.38. The van der Waals surface area contributed by atoms with Crippen LogP contribution in [0, 0.1) is 0 Å². The highest BCUT2D eigenvalue weighted by molar-refractivity contribution is 7.80. The molecule has 0 heterocycles. The van der Waals surface area contributed by atoms with E-state index in [2.05, 4.69) is 17.1 Å². The van der Waals surface area contributed by atoms with Crippen LogP contribution in [0.15, 0.2) is 18.2 Å². The third-order valence-corrected chi connectivity index (χ3v) is 3.22. The van der Waals surface area contributed by atoms with Crippen LogP contribution in [0.4, 0.5) is 0 Å². The van der Waals surface area contributed by atoms with E-state index in [-0.39, 0.29) is 0 Å². The highest BCUT2D eigenvalue weighted by Crippen LogP contribution is 2.27. The van der Waals surface area contributed by atoms with Gasteiger partial charge >= 0.3 is 0 Å². The zero-order valence-electron chi connectivity index (χ0n) is 12.0. The minimum Gasteiger partial charge on any atom is -0.493 e. The summed E-state index contributed by atoms with van der Waals surface area (Å²) in [5, 5.41) is 3.95. The van der Waals surface area contributed by atoms with Crippen LogP contribution in [0.25, 0.3) is 0 Å². The Kier molecular flexibility index (Phi) is 6.42. The summed E-state index contributed by atoms with van der Waals surface area (Å²) in [6.07, 6.45) is 0. The molecule has 106 valence electrons. The Hall–Kier alpha value is -1.49. The van der Waals surface area contributed by atoms with Gasteiger partial charge in [0, 0.05) is 19.6 Å². The van der Waals surface area contributed by atoms with E-state index in [0.717, 1.165) is 41.8 Å².